The topological polar surface area (TPSA) is 83.0 Å². The van der Waals surface area contributed by atoms with E-state index >= 15 is 0 Å². The number of hydrogen-bond acceptors (Lipinski definition) is 8. The van der Waals surface area contributed by atoms with E-state index in [1.807, 2.05) is 26.0 Å². The molecule has 0 saturated carbocycles. The maximum atomic E-state index is 4.65. The van der Waals surface area contributed by atoms with Crippen molar-refractivity contribution in [1.82, 2.24) is 24.9 Å². The third-order valence-corrected chi connectivity index (χ3v) is 4.50. The van der Waals surface area contributed by atoms with Crippen molar-refractivity contribution in [2.45, 2.75) is 13.8 Å². The molecule has 0 atom stereocenters. The van der Waals surface area contributed by atoms with Gasteiger partial charge in [0.05, 0.1) is 11.7 Å². The summed E-state index contributed by atoms with van der Waals surface area (Å²) in [5.74, 6) is 2.65. The Bertz CT molecular complexity index is 899. The number of piperazine rings is 1. The SMILES string of the molecule is CCNc1nc(C)cc(N2CCN(c3ncnc4cnccc34)CC2)n1. The third kappa shape index (κ3) is 3.22. The zero-order valence-electron chi connectivity index (χ0n) is 15.1. The van der Waals surface area contributed by atoms with Gasteiger partial charge in [0.2, 0.25) is 5.95 Å². The highest BCUT2D eigenvalue weighted by molar-refractivity contribution is 5.88. The molecule has 0 spiro atoms. The number of hydrogen-bond donors (Lipinski definition) is 1. The van der Waals surface area contributed by atoms with Gasteiger partial charge < -0.3 is 15.1 Å². The molecule has 1 N–H and O–H groups in total. The molecule has 0 aromatic carbocycles. The fraction of sp³-hybridized carbons (Fsp3) is 0.389. The molecule has 1 fully saturated rings. The van der Waals surface area contributed by atoms with Gasteiger partial charge in [-0.25, -0.2) is 15.0 Å². The van der Waals surface area contributed by atoms with Crippen LogP contribution in [0.25, 0.3) is 10.9 Å². The Morgan fingerprint density at radius 3 is 2.69 bits per heavy atom. The number of rotatable bonds is 4. The summed E-state index contributed by atoms with van der Waals surface area (Å²) in [6, 6.07) is 4.02. The fourth-order valence-electron chi connectivity index (χ4n) is 3.24. The van der Waals surface area contributed by atoms with Crippen molar-refractivity contribution in [3.8, 4) is 0 Å². The van der Waals surface area contributed by atoms with Crippen LogP contribution in [0.5, 0.6) is 0 Å². The number of aryl methyl sites for hydroxylation is 1. The molecule has 3 aromatic heterocycles. The summed E-state index contributed by atoms with van der Waals surface area (Å²) in [6.45, 7) is 8.40. The second-order valence-corrected chi connectivity index (χ2v) is 6.29. The van der Waals surface area contributed by atoms with E-state index in [-0.39, 0.29) is 0 Å². The maximum Gasteiger partial charge on any atom is 0.224 e. The van der Waals surface area contributed by atoms with Gasteiger partial charge in [0.15, 0.2) is 0 Å². The molecule has 0 unspecified atom stereocenters. The van der Waals surface area contributed by atoms with Crippen molar-refractivity contribution in [2.24, 2.45) is 0 Å². The van der Waals surface area contributed by atoms with E-state index < -0.39 is 0 Å². The number of pyridine rings is 1. The van der Waals surface area contributed by atoms with E-state index in [0.717, 1.165) is 61.0 Å². The predicted octanol–water partition coefficient (Wildman–Crippen LogP) is 1.88. The van der Waals surface area contributed by atoms with E-state index in [1.165, 1.54) is 0 Å². The Kier molecular flexibility index (Phi) is 4.47. The minimum atomic E-state index is 0.694. The van der Waals surface area contributed by atoms with Gasteiger partial charge in [0.1, 0.15) is 18.0 Å². The minimum Gasteiger partial charge on any atom is -0.354 e. The van der Waals surface area contributed by atoms with Gasteiger partial charge in [0.25, 0.3) is 0 Å². The molecule has 8 nitrogen and oxygen atoms in total. The molecule has 8 heteroatoms. The largest absolute Gasteiger partial charge is 0.354 e. The molecule has 4 heterocycles. The van der Waals surface area contributed by atoms with Crippen molar-refractivity contribution < 1.29 is 0 Å². The zero-order valence-corrected chi connectivity index (χ0v) is 15.1. The Balaban J connectivity index is 1.52. The second kappa shape index (κ2) is 7.07. The van der Waals surface area contributed by atoms with E-state index in [1.54, 1.807) is 18.7 Å². The minimum absolute atomic E-state index is 0.694. The number of nitrogens with zero attached hydrogens (tertiary/aromatic N) is 7. The molecule has 0 radical (unpaired) electrons. The first-order valence-corrected chi connectivity index (χ1v) is 8.89. The van der Waals surface area contributed by atoms with Crippen LogP contribution < -0.4 is 15.1 Å². The molecule has 0 amide bonds. The van der Waals surface area contributed by atoms with Crippen molar-refractivity contribution >= 4 is 28.5 Å². The molecule has 134 valence electrons. The molecule has 4 rings (SSSR count). The highest BCUT2D eigenvalue weighted by Gasteiger charge is 2.21. The molecular weight excluding hydrogens is 328 g/mol. The van der Waals surface area contributed by atoms with Crippen LogP contribution in [0.4, 0.5) is 17.6 Å². The average Bonchev–Trinajstić information content (AvgIpc) is 2.67. The van der Waals surface area contributed by atoms with Crippen LogP contribution in [-0.2, 0) is 0 Å². The summed E-state index contributed by atoms with van der Waals surface area (Å²) >= 11 is 0. The average molecular weight is 350 g/mol. The molecular formula is C18H22N8. The predicted molar refractivity (Wildman–Crippen MR) is 103 cm³/mol. The van der Waals surface area contributed by atoms with Crippen LogP contribution in [0, 0.1) is 6.92 Å². The number of aromatic nitrogens is 5. The highest BCUT2D eigenvalue weighted by Crippen LogP contribution is 2.24. The van der Waals surface area contributed by atoms with E-state index in [0.29, 0.717) is 5.95 Å². The number of anilines is 3. The zero-order chi connectivity index (χ0) is 17.9. The fourth-order valence-corrected chi connectivity index (χ4v) is 3.24. The van der Waals surface area contributed by atoms with Crippen LogP contribution in [0.3, 0.4) is 0 Å². The third-order valence-electron chi connectivity index (χ3n) is 4.50. The van der Waals surface area contributed by atoms with Crippen LogP contribution in [0.15, 0.2) is 30.9 Å². The summed E-state index contributed by atoms with van der Waals surface area (Å²) in [5, 5.41) is 4.25. The lowest BCUT2D eigenvalue weighted by Gasteiger charge is -2.36. The highest BCUT2D eigenvalue weighted by atomic mass is 15.3. The normalized spacial score (nSPS) is 14.7. The molecule has 0 bridgehead atoms. The molecule has 1 saturated heterocycles. The second-order valence-electron chi connectivity index (χ2n) is 6.29. The van der Waals surface area contributed by atoms with Crippen LogP contribution in [-0.4, -0.2) is 57.6 Å². The lowest BCUT2D eigenvalue weighted by atomic mass is 10.2. The Morgan fingerprint density at radius 1 is 1.08 bits per heavy atom. The van der Waals surface area contributed by atoms with Gasteiger partial charge in [-0.05, 0) is 19.9 Å². The first-order valence-electron chi connectivity index (χ1n) is 8.89. The number of nitrogens with one attached hydrogen (secondary N) is 1. The molecule has 0 aliphatic carbocycles. The first-order chi connectivity index (χ1) is 12.7. The molecule has 3 aromatic rings. The lowest BCUT2D eigenvalue weighted by Crippen LogP contribution is -2.47. The van der Waals surface area contributed by atoms with Crippen molar-refractivity contribution in [1.29, 1.82) is 0 Å². The summed E-state index contributed by atoms with van der Waals surface area (Å²) in [7, 11) is 0. The Labute approximate surface area is 152 Å². The molecule has 1 aliphatic heterocycles. The Morgan fingerprint density at radius 2 is 1.88 bits per heavy atom. The first kappa shape index (κ1) is 16.4. The van der Waals surface area contributed by atoms with Crippen molar-refractivity contribution in [3.05, 3.63) is 36.5 Å². The maximum absolute atomic E-state index is 4.65. The summed E-state index contributed by atoms with van der Waals surface area (Å²) < 4.78 is 0. The quantitative estimate of drug-likeness (QED) is 0.764. The summed E-state index contributed by atoms with van der Waals surface area (Å²) in [4.78, 5) is 26.6. The van der Waals surface area contributed by atoms with Gasteiger partial charge in [-0.1, -0.05) is 0 Å². The molecule has 26 heavy (non-hydrogen) atoms. The van der Waals surface area contributed by atoms with Crippen LogP contribution >= 0.6 is 0 Å². The van der Waals surface area contributed by atoms with Crippen molar-refractivity contribution in [2.75, 3.05) is 47.8 Å². The van der Waals surface area contributed by atoms with E-state index in [2.05, 4.69) is 40.0 Å². The van der Waals surface area contributed by atoms with Gasteiger partial charge in [-0.15, -0.1) is 0 Å². The van der Waals surface area contributed by atoms with E-state index in [4.69, 9.17) is 0 Å². The van der Waals surface area contributed by atoms with Crippen LogP contribution in [0.1, 0.15) is 12.6 Å². The standard InChI is InChI=1S/C18H22N8/c1-3-20-18-23-13(2)10-16(24-18)25-6-8-26(9-7-25)17-14-4-5-19-11-15(14)21-12-22-17/h4-5,10-12H,3,6-9H2,1-2H3,(H,20,23,24). The van der Waals surface area contributed by atoms with Gasteiger partial charge >= 0.3 is 0 Å². The number of fused-ring (bicyclic) bond motifs is 1. The summed E-state index contributed by atoms with van der Waals surface area (Å²) in [5.41, 5.74) is 1.85. The van der Waals surface area contributed by atoms with E-state index in [9.17, 15) is 0 Å². The summed E-state index contributed by atoms with van der Waals surface area (Å²) in [6.07, 6.45) is 5.18. The van der Waals surface area contributed by atoms with Gasteiger partial charge in [0, 0.05) is 56.1 Å². The lowest BCUT2D eigenvalue weighted by molar-refractivity contribution is 0.642. The monoisotopic (exact) mass is 350 g/mol. The van der Waals surface area contributed by atoms with Gasteiger partial charge in [-0.2, -0.15) is 4.98 Å². The van der Waals surface area contributed by atoms with Crippen LogP contribution in [0.2, 0.25) is 0 Å². The molecule has 1 aliphatic rings. The van der Waals surface area contributed by atoms with Crippen molar-refractivity contribution in [3.63, 3.8) is 0 Å². The Hall–Kier alpha value is -3.03. The van der Waals surface area contributed by atoms with Gasteiger partial charge in [-0.3, -0.25) is 4.98 Å². The smallest absolute Gasteiger partial charge is 0.224 e.